The molecule has 4 unspecified atom stereocenters. The second-order valence-corrected chi connectivity index (χ2v) is 13.4. The van der Waals surface area contributed by atoms with E-state index >= 15 is 0 Å². The van der Waals surface area contributed by atoms with E-state index in [2.05, 4.69) is 107 Å². The molecule has 0 N–H and O–H groups in total. The first-order chi connectivity index (χ1) is 17.7. The summed E-state index contributed by atoms with van der Waals surface area (Å²) < 4.78 is 1.14. The van der Waals surface area contributed by atoms with E-state index < -0.39 is 0 Å². The SMILES string of the molecule is Brc1cc(-c2ccccc2)cc(-c2ccc3c(c2)-c2ccccc2C32C3CC4CC5CC2C3(C4)C5)c1. The summed E-state index contributed by atoms with van der Waals surface area (Å²) in [6, 6.07) is 34.5. The normalized spacial score (nSPS) is 33.9. The molecule has 4 aromatic carbocycles. The van der Waals surface area contributed by atoms with Crippen LogP contribution >= 0.6 is 15.9 Å². The van der Waals surface area contributed by atoms with Crippen LogP contribution in [0.25, 0.3) is 33.4 Å². The van der Waals surface area contributed by atoms with Gasteiger partial charge in [0.25, 0.3) is 0 Å². The lowest BCUT2D eigenvalue weighted by Gasteiger charge is -2.64. The Bertz CT molecular complexity index is 1540. The molecule has 4 saturated carbocycles. The lowest BCUT2D eigenvalue weighted by Crippen LogP contribution is -2.62. The number of fused-ring (bicyclic) bond motifs is 9. The van der Waals surface area contributed by atoms with Gasteiger partial charge in [-0.1, -0.05) is 82.7 Å². The molecule has 2 spiro atoms. The molecule has 36 heavy (non-hydrogen) atoms. The van der Waals surface area contributed by atoms with E-state index in [0.29, 0.717) is 5.41 Å². The third-order valence-corrected chi connectivity index (χ3v) is 11.6. The van der Waals surface area contributed by atoms with Gasteiger partial charge >= 0.3 is 0 Å². The maximum absolute atomic E-state index is 3.80. The van der Waals surface area contributed by atoms with Crippen molar-refractivity contribution in [2.75, 3.05) is 0 Å². The van der Waals surface area contributed by atoms with Gasteiger partial charge < -0.3 is 0 Å². The first-order valence-electron chi connectivity index (χ1n) is 13.8. The fourth-order valence-corrected chi connectivity index (χ4v) is 10.9. The van der Waals surface area contributed by atoms with Gasteiger partial charge in [0.2, 0.25) is 0 Å². The molecule has 0 aliphatic heterocycles. The molecule has 4 atom stereocenters. The van der Waals surface area contributed by atoms with E-state index in [1.807, 2.05) is 0 Å². The summed E-state index contributed by atoms with van der Waals surface area (Å²) in [5.74, 6) is 3.70. The molecule has 5 aliphatic carbocycles. The number of rotatable bonds is 2. The van der Waals surface area contributed by atoms with Crippen molar-refractivity contribution in [3.63, 3.8) is 0 Å². The zero-order chi connectivity index (χ0) is 23.6. The second kappa shape index (κ2) is 6.81. The quantitative estimate of drug-likeness (QED) is 0.243. The van der Waals surface area contributed by atoms with Crippen molar-refractivity contribution in [1.82, 2.24) is 0 Å². The average molecular weight is 530 g/mol. The molecular weight excluding hydrogens is 500 g/mol. The Balaban J connectivity index is 1.22. The van der Waals surface area contributed by atoms with Gasteiger partial charge in [-0.05, 0) is 130 Å². The average Bonchev–Trinajstić information content (AvgIpc) is 3.44. The minimum absolute atomic E-state index is 0.279. The van der Waals surface area contributed by atoms with Gasteiger partial charge in [-0.2, -0.15) is 0 Å². The minimum atomic E-state index is 0.279. The molecule has 5 aliphatic rings. The van der Waals surface area contributed by atoms with Crippen molar-refractivity contribution in [2.45, 2.75) is 37.5 Å². The predicted octanol–water partition coefficient (Wildman–Crippen LogP) is 9.51. The molecule has 176 valence electrons. The standard InChI is InChI=1S/C35H29Br/c36-27-16-25(23-6-2-1-3-7-23)15-26(17-27)24-10-11-31-29(18-24)28-8-4-5-9-30(28)35(31)32-13-21-12-22-14-33(35)34(32,19-21)20-22/h1-11,15-18,21-22,32-33H,12-14,19-20H2. The highest BCUT2D eigenvalue weighted by Crippen LogP contribution is 2.85. The molecule has 4 fully saturated rings. The van der Waals surface area contributed by atoms with Gasteiger partial charge in [0, 0.05) is 9.89 Å². The van der Waals surface area contributed by atoms with Gasteiger partial charge in [0.1, 0.15) is 0 Å². The zero-order valence-electron chi connectivity index (χ0n) is 20.4. The molecule has 0 heterocycles. The number of benzene rings is 4. The molecule has 1 heteroatoms. The molecule has 3 bridgehead atoms. The molecular formula is C35H29Br. The van der Waals surface area contributed by atoms with Crippen LogP contribution in [-0.2, 0) is 5.41 Å². The van der Waals surface area contributed by atoms with Gasteiger partial charge in [-0.25, -0.2) is 0 Å². The van der Waals surface area contributed by atoms with Crippen LogP contribution in [0.4, 0.5) is 0 Å². The number of halogens is 1. The second-order valence-electron chi connectivity index (χ2n) is 12.5. The van der Waals surface area contributed by atoms with Gasteiger partial charge in [0.05, 0.1) is 0 Å². The fraction of sp³-hybridized carbons (Fsp3) is 0.314. The van der Waals surface area contributed by atoms with E-state index in [1.54, 1.807) is 11.1 Å². The maximum Gasteiger partial charge on any atom is 0.0282 e. The topological polar surface area (TPSA) is 0 Å². The smallest absolute Gasteiger partial charge is 0.0282 e. The summed E-state index contributed by atoms with van der Waals surface area (Å²) in [7, 11) is 0. The van der Waals surface area contributed by atoms with Crippen LogP contribution in [0.1, 0.15) is 43.2 Å². The highest BCUT2D eigenvalue weighted by Gasteiger charge is 2.79. The van der Waals surface area contributed by atoms with Crippen LogP contribution in [0.5, 0.6) is 0 Å². The van der Waals surface area contributed by atoms with Crippen LogP contribution in [0.15, 0.2) is 95.5 Å². The summed E-state index contributed by atoms with van der Waals surface area (Å²) in [6.07, 6.45) is 7.50. The summed E-state index contributed by atoms with van der Waals surface area (Å²) in [6.45, 7) is 0. The van der Waals surface area contributed by atoms with Crippen LogP contribution in [-0.4, -0.2) is 0 Å². The van der Waals surface area contributed by atoms with Crippen molar-refractivity contribution >= 4 is 15.9 Å². The predicted molar refractivity (Wildman–Crippen MR) is 151 cm³/mol. The molecule has 4 aromatic rings. The Morgan fingerprint density at radius 2 is 1.22 bits per heavy atom. The summed E-state index contributed by atoms with van der Waals surface area (Å²) in [5.41, 5.74) is 12.4. The van der Waals surface area contributed by atoms with Crippen LogP contribution < -0.4 is 0 Å². The molecule has 0 radical (unpaired) electrons. The Morgan fingerprint density at radius 3 is 2.00 bits per heavy atom. The Kier molecular flexibility index (Phi) is 3.86. The van der Waals surface area contributed by atoms with E-state index in [4.69, 9.17) is 0 Å². The van der Waals surface area contributed by atoms with Crippen LogP contribution in [0.2, 0.25) is 0 Å². The summed E-state index contributed by atoms with van der Waals surface area (Å²) in [4.78, 5) is 0. The lowest BCUT2D eigenvalue weighted by molar-refractivity contribution is -0.0820. The first kappa shape index (κ1) is 20.4. The van der Waals surface area contributed by atoms with Crippen molar-refractivity contribution in [1.29, 1.82) is 0 Å². The van der Waals surface area contributed by atoms with E-state index in [-0.39, 0.29) is 5.41 Å². The first-order valence-corrected chi connectivity index (χ1v) is 14.6. The zero-order valence-corrected chi connectivity index (χ0v) is 22.0. The van der Waals surface area contributed by atoms with Gasteiger partial charge in [-0.15, -0.1) is 0 Å². The van der Waals surface area contributed by atoms with E-state index in [9.17, 15) is 0 Å². The molecule has 0 nitrogen and oxygen atoms in total. The lowest BCUT2D eigenvalue weighted by atomic mass is 9.38. The van der Waals surface area contributed by atoms with Gasteiger partial charge in [-0.3, -0.25) is 0 Å². The molecule has 9 rings (SSSR count). The molecule has 0 amide bonds. The Morgan fingerprint density at radius 1 is 0.556 bits per heavy atom. The van der Waals surface area contributed by atoms with Crippen LogP contribution in [0, 0.1) is 29.1 Å². The van der Waals surface area contributed by atoms with Crippen molar-refractivity contribution in [3.05, 3.63) is 107 Å². The summed E-state index contributed by atoms with van der Waals surface area (Å²) >= 11 is 3.80. The Labute approximate surface area is 221 Å². The molecule has 0 aromatic heterocycles. The Hall–Kier alpha value is -2.64. The van der Waals surface area contributed by atoms with E-state index in [1.165, 1.54) is 65.5 Å². The fourth-order valence-electron chi connectivity index (χ4n) is 10.4. The van der Waals surface area contributed by atoms with Crippen molar-refractivity contribution < 1.29 is 0 Å². The maximum atomic E-state index is 3.80. The van der Waals surface area contributed by atoms with E-state index in [0.717, 1.165) is 28.1 Å². The summed E-state index contributed by atoms with van der Waals surface area (Å²) in [5, 5.41) is 0. The van der Waals surface area contributed by atoms with Crippen LogP contribution in [0.3, 0.4) is 0 Å². The molecule has 0 saturated heterocycles. The largest absolute Gasteiger partial charge is 0.0622 e. The highest BCUT2D eigenvalue weighted by atomic mass is 79.9. The number of hydrogen-bond donors (Lipinski definition) is 0. The van der Waals surface area contributed by atoms with Crippen molar-refractivity contribution in [2.24, 2.45) is 29.1 Å². The monoisotopic (exact) mass is 528 g/mol. The van der Waals surface area contributed by atoms with Gasteiger partial charge in [0.15, 0.2) is 0 Å². The number of hydrogen-bond acceptors (Lipinski definition) is 0. The third-order valence-electron chi connectivity index (χ3n) is 11.1. The third kappa shape index (κ3) is 2.33. The highest BCUT2D eigenvalue weighted by molar-refractivity contribution is 9.10. The van der Waals surface area contributed by atoms with Crippen molar-refractivity contribution in [3.8, 4) is 33.4 Å². The minimum Gasteiger partial charge on any atom is -0.0622 e.